The monoisotopic (exact) mass is 284 g/mol. The van der Waals surface area contributed by atoms with Gasteiger partial charge in [0, 0.05) is 0 Å². The molecule has 1 heterocycles. The first-order valence-corrected chi connectivity index (χ1v) is 6.90. The molecule has 0 aliphatic carbocycles. The van der Waals surface area contributed by atoms with Gasteiger partial charge in [0.15, 0.2) is 11.5 Å². The number of carboxylic acids is 1. The minimum atomic E-state index is -0.823. The van der Waals surface area contributed by atoms with Crippen molar-refractivity contribution in [3.05, 3.63) is 59.7 Å². The predicted molar refractivity (Wildman–Crippen MR) is 78.0 cm³/mol. The molecule has 0 fully saturated rings. The third-order valence-electron chi connectivity index (χ3n) is 3.55. The van der Waals surface area contributed by atoms with E-state index in [1.165, 1.54) is 0 Å². The van der Waals surface area contributed by atoms with Gasteiger partial charge in [0.05, 0.1) is 5.92 Å². The summed E-state index contributed by atoms with van der Waals surface area (Å²) in [6.07, 6.45) is 0.427. The van der Waals surface area contributed by atoms with Crippen LogP contribution in [-0.2, 0) is 11.2 Å². The molecule has 0 amide bonds. The Kier molecular flexibility index (Phi) is 3.77. The van der Waals surface area contributed by atoms with Crippen LogP contribution in [0, 0.1) is 0 Å². The summed E-state index contributed by atoms with van der Waals surface area (Å²) in [5.74, 6) is 0.0254. The molecule has 1 N–H and O–H groups in total. The quantitative estimate of drug-likeness (QED) is 0.938. The highest BCUT2D eigenvalue weighted by molar-refractivity contribution is 5.76. The Morgan fingerprint density at radius 1 is 1.05 bits per heavy atom. The van der Waals surface area contributed by atoms with Gasteiger partial charge in [-0.25, -0.2) is 0 Å². The van der Waals surface area contributed by atoms with E-state index in [0.717, 1.165) is 16.9 Å². The summed E-state index contributed by atoms with van der Waals surface area (Å²) >= 11 is 0. The minimum absolute atomic E-state index is 0.427. The zero-order valence-corrected chi connectivity index (χ0v) is 11.5. The molecule has 4 nitrogen and oxygen atoms in total. The summed E-state index contributed by atoms with van der Waals surface area (Å²) in [7, 11) is 0. The Labute approximate surface area is 122 Å². The van der Waals surface area contributed by atoms with Gasteiger partial charge in [-0.2, -0.15) is 0 Å². The van der Waals surface area contributed by atoms with Crippen LogP contribution in [0.3, 0.4) is 0 Å². The summed E-state index contributed by atoms with van der Waals surface area (Å²) in [4.78, 5) is 11.5. The summed E-state index contributed by atoms with van der Waals surface area (Å²) in [6.45, 7) is 1.08. The minimum Gasteiger partial charge on any atom is -0.486 e. The number of fused-ring (bicyclic) bond motifs is 1. The average molecular weight is 284 g/mol. The van der Waals surface area contributed by atoms with Crippen LogP contribution in [0.5, 0.6) is 11.5 Å². The van der Waals surface area contributed by atoms with Crippen molar-refractivity contribution in [1.82, 2.24) is 0 Å². The molecule has 0 bridgehead atoms. The van der Waals surface area contributed by atoms with Gasteiger partial charge in [-0.1, -0.05) is 36.4 Å². The van der Waals surface area contributed by atoms with Crippen molar-refractivity contribution in [3.8, 4) is 11.5 Å². The van der Waals surface area contributed by atoms with E-state index in [9.17, 15) is 9.90 Å². The van der Waals surface area contributed by atoms with Gasteiger partial charge in [-0.15, -0.1) is 0 Å². The molecule has 0 spiro atoms. The SMILES string of the molecule is O=C(O)C(Cc1ccc2c(c1)OCCO2)c1ccccc1. The number of aliphatic carboxylic acids is 1. The molecule has 2 aromatic rings. The third-order valence-corrected chi connectivity index (χ3v) is 3.55. The smallest absolute Gasteiger partial charge is 0.311 e. The van der Waals surface area contributed by atoms with Crippen molar-refractivity contribution in [3.63, 3.8) is 0 Å². The van der Waals surface area contributed by atoms with Crippen molar-refractivity contribution in [2.75, 3.05) is 13.2 Å². The first-order valence-electron chi connectivity index (χ1n) is 6.90. The highest BCUT2D eigenvalue weighted by Gasteiger charge is 2.21. The van der Waals surface area contributed by atoms with E-state index in [1.807, 2.05) is 48.5 Å². The molecule has 1 aliphatic heterocycles. The molecule has 108 valence electrons. The van der Waals surface area contributed by atoms with Gasteiger partial charge in [0.2, 0.25) is 0 Å². The summed E-state index contributed by atoms with van der Waals surface area (Å²) in [5, 5.41) is 9.47. The maximum atomic E-state index is 11.5. The Morgan fingerprint density at radius 2 is 1.76 bits per heavy atom. The number of carboxylic acid groups (broad SMARTS) is 1. The lowest BCUT2D eigenvalue weighted by Crippen LogP contribution is -2.17. The van der Waals surface area contributed by atoms with Crippen molar-refractivity contribution in [1.29, 1.82) is 0 Å². The molecular weight excluding hydrogens is 268 g/mol. The number of carbonyl (C=O) groups is 1. The van der Waals surface area contributed by atoms with E-state index < -0.39 is 11.9 Å². The Balaban J connectivity index is 1.85. The van der Waals surface area contributed by atoms with E-state index in [1.54, 1.807) is 0 Å². The lowest BCUT2D eigenvalue weighted by molar-refractivity contribution is -0.138. The molecular formula is C17H16O4. The Hall–Kier alpha value is -2.49. The second-order valence-corrected chi connectivity index (χ2v) is 4.98. The van der Waals surface area contributed by atoms with E-state index >= 15 is 0 Å². The zero-order valence-electron chi connectivity index (χ0n) is 11.5. The van der Waals surface area contributed by atoms with Crippen molar-refractivity contribution < 1.29 is 19.4 Å². The van der Waals surface area contributed by atoms with E-state index in [0.29, 0.717) is 25.4 Å². The van der Waals surface area contributed by atoms with Crippen LogP contribution in [0.25, 0.3) is 0 Å². The summed E-state index contributed by atoms with van der Waals surface area (Å²) in [5.41, 5.74) is 1.73. The van der Waals surface area contributed by atoms with Gasteiger partial charge in [0.1, 0.15) is 13.2 Å². The molecule has 0 saturated carbocycles. The first kappa shape index (κ1) is 13.5. The number of ether oxygens (including phenoxy) is 2. The van der Waals surface area contributed by atoms with Gasteiger partial charge < -0.3 is 14.6 Å². The van der Waals surface area contributed by atoms with Crippen molar-refractivity contribution in [2.24, 2.45) is 0 Å². The van der Waals surface area contributed by atoms with Crippen LogP contribution < -0.4 is 9.47 Å². The highest BCUT2D eigenvalue weighted by atomic mass is 16.6. The van der Waals surface area contributed by atoms with Crippen LogP contribution in [0.15, 0.2) is 48.5 Å². The standard InChI is InChI=1S/C17H16O4/c18-17(19)14(13-4-2-1-3-5-13)10-12-6-7-15-16(11-12)21-9-8-20-15/h1-7,11,14H,8-10H2,(H,18,19). The molecule has 1 aliphatic rings. The van der Waals surface area contributed by atoms with Crippen LogP contribution in [0.2, 0.25) is 0 Å². The van der Waals surface area contributed by atoms with Crippen LogP contribution in [0.4, 0.5) is 0 Å². The maximum Gasteiger partial charge on any atom is 0.311 e. The molecule has 0 saturated heterocycles. The average Bonchev–Trinajstić information content (AvgIpc) is 2.53. The number of hydrogen-bond donors (Lipinski definition) is 1. The fraction of sp³-hybridized carbons (Fsp3) is 0.235. The maximum absolute atomic E-state index is 11.5. The molecule has 4 heteroatoms. The van der Waals surface area contributed by atoms with Gasteiger partial charge in [0.25, 0.3) is 0 Å². The molecule has 1 unspecified atom stereocenters. The number of rotatable bonds is 4. The molecule has 0 radical (unpaired) electrons. The number of hydrogen-bond acceptors (Lipinski definition) is 3. The summed E-state index contributed by atoms with van der Waals surface area (Å²) in [6, 6.07) is 14.9. The fourth-order valence-corrected chi connectivity index (χ4v) is 2.48. The van der Waals surface area contributed by atoms with Gasteiger partial charge >= 0.3 is 5.97 Å². The van der Waals surface area contributed by atoms with Crippen LogP contribution in [0.1, 0.15) is 17.0 Å². The molecule has 1 atom stereocenters. The lowest BCUT2D eigenvalue weighted by atomic mass is 9.92. The zero-order chi connectivity index (χ0) is 14.7. The normalized spacial score (nSPS) is 14.5. The lowest BCUT2D eigenvalue weighted by Gasteiger charge is -2.20. The van der Waals surface area contributed by atoms with E-state index in [2.05, 4.69) is 0 Å². The summed E-state index contributed by atoms with van der Waals surface area (Å²) < 4.78 is 11.0. The molecule has 3 rings (SSSR count). The highest BCUT2D eigenvalue weighted by Crippen LogP contribution is 2.32. The van der Waals surface area contributed by atoms with E-state index in [-0.39, 0.29) is 0 Å². The first-order chi connectivity index (χ1) is 10.2. The second kappa shape index (κ2) is 5.87. The topological polar surface area (TPSA) is 55.8 Å². The molecule has 0 aromatic heterocycles. The number of benzene rings is 2. The van der Waals surface area contributed by atoms with Crippen LogP contribution >= 0.6 is 0 Å². The Morgan fingerprint density at radius 3 is 2.48 bits per heavy atom. The molecule has 2 aromatic carbocycles. The van der Waals surface area contributed by atoms with Crippen LogP contribution in [-0.4, -0.2) is 24.3 Å². The predicted octanol–water partition coefficient (Wildman–Crippen LogP) is 2.87. The third kappa shape index (κ3) is 2.99. The Bertz CT molecular complexity index is 636. The fourth-order valence-electron chi connectivity index (χ4n) is 2.48. The molecule has 21 heavy (non-hydrogen) atoms. The van der Waals surface area contributed by atoms with Crippen molar-refractivity contribution in [2.45, 2.75) is 12.3 Å². The van der Waals surface area contributed by atoms with E-state index in [4.69, 9.17) is 9.47 Å². The van der Waals surface area contributed by atoms with Crippen molar-refractivity contribution >= 4 is 5.97 Å². The van der Waals surface area contributed by atoms with Gasteiger partial charge in [-0.05, 0) is 29.7 Å². The largest absolute Gasteiger partial charge is 0.486 e. The second-order valence-electron chi connectivity index (χ2n) is 4.98. The van der Waals surface area contributed by atoms with Gasteiger partial charge in [-0.3, -0.25) is 4.79 Å².